The van der Waals surface area contributed by atoms with Gasteiger partial charge in [-0.15, -0.1) is 0 Å². The molecule has 0 atom stereocenters. The largest absolute Gasteiger partial charge is 0.462 e. The van der Waals surface area contributed by atoms with E-state index in [1.165, 1.54) is 0 Å². The van der Waals surface area contributed by atoms with Crippen molar-refractivity contribution in [1.29, 1.82) is 0 Å². The maximum absolute atomic E-state index is 11.0. The highest BCUT2D eigenvalue weighted by Crippen LogP contribution is 2.30. The minimum absolute atomic E-state index is 0.0158. The van der Waals surface area contributed by atoms with Crippen molar-refractivity contribution in [2.24, 2.45) is 5.92 Å². The molecule has 0 heterocycles. The van der Waals surface area contributed by atoms with Gasteiger partial charge >= 0.3 is 11.9 Å². The molecule has 1 rings (SSSR count). The first-order chi connectivity index (χ1) is 6.65. The Morgan fingerprint density at radius 1 is 1.50 bits per heavy atom. The van der Waals surface area contributed by atoms with Gasteiger partial charge in [0.15, 0.2) is 5.03 Å². The summed E-state index contributed by atoms with van der Waals surface area (Å²) >= 11 is 5.49. The fourth-order valence-corrected chi connectivity index (χ4v) is 0.872. The van der Waals surface area contributed by atoms with E-state index in [1.54, 1.807) is 6.92 Å². The van der Waals surface area contributed by atoms with Gasteiger partial charge in [-0.1, -0.05) is 11.6 Å². The van der Waals surface area contributed by atoms with Crippen molar-refractivity contribution in [3.8, 4) is 0 Å². The summed E-state index contributed by atoms with van der Waals surface area (Å²) in [5.74, 6) is -1.04. The van der Waals surface area contributed by atoms with Crippen LogP contribution in [0, 0.1) is 5.92 Å². The second kappa shape index (κ2) is 5.00. The number of halogens is 1. The van der Waals surface area contributed by atoms with Gasteiger partial charge in [-0.05, 0) is 19.8 Å². The van der Waals surface area contributed by atoms with Crippen molar-refractivity contribution in [2.45, 2.75) is 19.8 Å². The normalized spacial score (nSPS) is 16.3. The molecule has 78 valence electrons. The van der Waals surface area contributed by atoms with Gasteiger partial charge in [0.05, 0.1) is 12.5 Å². The van der Waals surface area contributed by atoms with Crippen LogP contribution in [0.15, 0.2) is 11.3 Å². The van der Waals surface area contributed by atoms with Gasteiger partial charge in [-0.3, -0.25) is 4.79 Å². The quantitative estimate of drug-likeness (QED) is 0.409. The fourth-order valence-electron chi connectivity index (χ4n) is 0.773. The highest BCUT2D eigenvalue weighted by atomic mass is 35.5. The molecule has 1 fully saturated rings. The highest BCUT2D eigenvalue weighted by Gasteiger charge is 2.31. The zero-order chi connectivity index (χ0) is 10.6. The van der Waals surface area contributed by atoms with Crippen molar-refractivity contribution in [3.05, 3.63) is 11.3 Å². The topological polar surface area (TPSA) is 52.6 Å². The zero-order valence-electron chi connectivity index (χ0n) is 7.79. The SMILES string of the molecule is CCOC(=O)/C(Cl)=C/OC(=O)C1CC1. The van der Waals surface area contributed by atoms with Gasteiger partial charge in [0, 0.05) is 0 Å². The molecule has 0 saturated heterocycles. The smallest absolute Gasteiger partial charge is 0.352 e. The first-order valence-corrected chi connectivity index (χ1v) is 4.76. The number of hydrogen-bond acceptors (Lipinski definition) is 4. The minimum atomic E-state index is -0.683. The maximum atomic E-state index is 11.0. The summed E-state index contributed by atoms with van der Waals surface area (Å²) in [6, 6.07) is 0. The molecule has 1 saturated carbocycles. The summed E-state index contributed by atoms with van der Waals surface area (Å²) in [5, 5.41) is -0.221. The summed E-state index contributed by atoms with van der Waals surface area (Å²) in [6.45, 7) is 1.90. The number of rotatable bonds is 4. The summed E-state index contributed by atoms with van der Waals surface area (Å²) in [6.07, 6.45) is 2.63. The molecule has 0 aliphatic heterocycles. The highest BCUT2D eigenvalue weighted by molar-refractivity contribution is 6.41. The molecule has 0 spiro atoms. The molecular formula is C9H11ClO4. The number of esters is 2. The summed E-state index contributed by atoms with van der Waals surface area (Å²) in [4.78, 5) is 21.9. The Morgan fingerprint density at radius 2 is 2.14 bits per heavy atom. The molecule has 0 aromatic rings. The van der Waals surface area contributed by atoms with Gasteiger partial charge in [0.2, 0.25) is 0 Å². The number of hydrogen-bond donors (Lipinski definition) is 0. The van der Waals surface area contributed by atoms with E-state index >= 15 is 0 Å². The molecule has 14 heavy (non-hydrogen) atoms. The van der Waals surface area contributed by atoms with Crippen LogP contribution in [-0.4, -0.2) is 18.5 Å². The standard InChI is InChI=1S/C9H11ClO4/c1-2-13-9(12)7(10)5-14-8(11)6-3-4-6/h5-6H,2-4H2,1H3/b7-5-. The number of ether oxygens (including phenoxy) is 2. The molecule has 0 radical (unpaired) electrons. The van der Waals surface area contributed by atoms with Crippen molar-refractivity contribution < 1.29 is 19.1 Å². The first-order valence-electron chi connectivity index (χ1n) is 4.38. The molecule has 0 aromatic heterocycles. The zero-order valence-corrected chi connectivity index (χ0v) is 8.54. The van der Waals surface area contributed by atoms with Crippen LogP contribution in [-0.2, 0) is 19.1 Å². The lowest BCUT2D eigenvalue weighted by Gasteiger charge is -1.99. The van der Waals surface area contributed by atoms with Crippen LogP contribution in [0.2, 0.25) is 0 Å². The molecule has 5 heteroatoms. The number of carbonyl (C=O) groups excluding carboxylic acids is 2. The van der Waals surface area contributed by atoms with Crippen LogP contribution < -0.4 is 0 Å². The van der Waals surface area contributed by atoms with E-state index in [9.17, 15) is 9.59 Å². The molecule has 0 unspecified atom stereocenters. The Balaban J connectivity index is 2.34. The van der Waals surface area contributed by atoms with Gasteiger partial charge in [-0.25, -0.2) is 4.79 Å². The molecule has 4 nitrogen and oxygen atoms in total. The molecule has 0 bridgehead atoms. The van der Waals surface area contributed by atoms with Crippen molar-refractivity contribution in [3.63, 3.8) is 0 Å². The van der Waals surface area contributed by atoms with E-state index in [2.05, 4.69) is 9.47 Å². The first kappa shape index (κ1) is 11.0. The molecule has 0 amide bonds. The lowest BCUT2D eigenvalue weighted by Crippen LogP contribution is -2.06. The summed E-state index contributed by atoms with van der Waals surface area (Å²) in [5.41, 5.74) is 0. The monoisotopic (exact) mass is 218 g/mol. The molecule has 1 aliphatic carbocycles. The summed E-state index contributed by atoms with van der Waals surface area (Å²) < 4.78 is 9.24. The van der Waals surface area contributed by atoms with E-state index in [0.717, 1.165) is 19.1 Å². The Morgan fingerprint density at radius 3 is 2.64 bits per heavy atom. The van der Waals surface area contributed by atoms with Gasteiger partial charge in [0.1, 0.15) is 6.26 Å². The molecule has 0 N–H and O–H groups in total. The fraction of sp³-hybridized carbons (Fsp3) is 0.556. The van der Waals surface area contributed by atoms with Crippen molar-refractivity contribution in [1.82, 2.24) is 0 Å². The van der Waals surface area contributed by atoms with Crippen LogP contribution in [0.5, 0.6) is 0 Å². The van der Waals surface area contributed by atoms with Crippen LogP contribution in [0.4, 0.5) is 0 Å². The summed E-state index contributed by atoms with van der Waals surface area (Å²) in [7, 11) is 0. The Bertz CT molecular complexity index is 268. The van der Waals surface area contributed by atoms with E-state index in [0.29, 0.717) is 0 Å². The second-order valence-electron chi connectivity index (χ2n) is 2.90. The van der Waals surface area contributed by atoms with E-state index in [1.807, 2.05) is 0 Å². The second-order valence-corrected chi connectivity index (χ2v) is 3.30. The van der Waals surface area contributed by atoms with E-state index < -0.39 is 5.97 Å². The predicted molar refractivity (Wildman–Crippen MR) is 49.4 cm³/mol. The maximum Gasteiger partial charge on any atom is 0.352 e. The molecular weight excluding hydrogens is 208 g/mol. The Labute approximate surface area is 86.8 Å². The van der Waals surface area contributed by atoms with E-state index in [4.69, 9.17) is 11.6 Å². The average Bonchev–Trinajstić information content (AvgIpc) is 2.97. The van der Waals surface area contributed by atoms with Gasteiger partial charge < -0.3 is 9.47 Å². The third-order valence-electron chi connectivity index (χ3n) is 1.66. The van der Waals surface area contributed by atoms with Gasteiger partial charge in [-0.2, -0.15) is 0 Å². The van der Waals surface area contributed by atoms with Crippen LogP contribution in [0.1, 0.15) is 19.8 Å². The van der Waals surface area contributed by atoms with Crippen molar-refractivity contribution >= 4 is 23.5 Å². The van der Waals surface area contributed by atoms with Crippen molar-refractivity contribution in [2.75, 3.05) is 6.61 Å². The average molecular weight is 219 g/mol. The Hall–Kier alpha value is -1.03. The number of carbonyl (C=O) groups is 2. The lowest BCUT2D eigenvalue weighted by atomic mass is 10.4. The molecule has 1 aliphatic rings. The predicted octanol–water partition coefficient (Wildman–Crippen LogP) is 1.58. The minimum Gasteiger partial charge on any atom is -0.462 e. The Kier molecular flexibility index (Phi) is 3.95. The molecule has 0 aromatic carbocycles. The third-order valence-corrected chi connectivity index (χ3v) is 1.90. The third kappa shape index (κ3) is 3.38. The van der Waals surface area contributed by atoms with E-state index in [-0.39, 0.29) is 23.5 Å². The van der Waals surface area contributed by atoms with Gasteiger partial charge in [0.25, 0.3) is 0 Å². The van der Waals surface area contributed by atoms with Crippen LogP contribution >= 0.6 is 11.6 Å². The lowest BCUT2D eigenvalue weighted by molar-refractivity contribution is -0.140. The van der Waals surface area contributed by atoms with Crippen LogP contribution in [0.3, 0.4) is 0 Å². The van der Waals surface area contributed by atoms with Crippen LogP contribution in [0.25, 0.3) is 0 Å².